The highest BCUT2D eigenvalue weighted by Crippen LogP contribution is 2.15. The molecule has 1 heterocycles. The standard InChI is InChI=1S/C12H16BrN3O/c13-9-1-3-11(4-2-9)15-12(17)16-7-5-10(14)6-8-16/h1-4,10H,5-8,14H2,(H,15,17). The van der Waals surface area contributed by atoms with Crippen LogP contribution in [0.5, 0.6) is 0 Å². The van der Waals surface area contributed by atoms with Gasteiger partial charge in [0.05, 0.1) is 0 Å². The molecule has 0 saturated carbocycles. The molecule has 1 aromatic rings. The number of urea groups is 1. The van der Waals surface area contributed by atoms with Gasteiger partial charge < -0.3 is 16.0 Å². The summed E-state index contributed by atoms with van der Waals surface area (Å²) in [4.78, 5) is 13.7. The third-order valence-electron chi connectivity index (χ3n) is 2.92. The van der Waals surface area contributed by atoms with Crippen LogP contribution < -0.4 is 11.1 Å². The third-order valence-corrected chi connectivity index (χ3v) is 3.45. The minimum atomic E-state index is -0.0424. The molecule has 0 bridgehead atoms. The highest BCUT2D eigenvalue weighted by atomic mass is 79.9. The van der Waals surface area contributed by atoms with Gasteiger partial charge in [-0.25, -0.2) is 4.79 Å². The van der Waals surface area contributed by atoms with Crippen molar-refractivity contribution < 1.29 is 4.79 Å². The summed E-state index contributed by atoms with van der Waals surface area (Å²) in [6.45, 7) is 1.48. The van der Waals surface area contributed by atoms with Crippen molar-refractivity contribution in [2.75, 3.05) is 18.4 Å². The molecule has 0 aliphatic carbocycles. The molecule has 4 nitrogen and oxygen atoms in total. The number of amides is 2. The van der Waals surface area contributed by atoms with Gasteiger partial charge in [-0.2, -0.15) is 0 Å². The molecule has 0 spiro atoms. The van der Waals surface area contributed by atoms with Gasteiger partial charge in [-0.1, -0.05) is 15.9 Å². The number of piperidine rings is 1. The first-order valence-corrected chi connectivity index (χ1v) is 6.51. The maximum atomic E-state index is 11.9. The van der Waals surface area contributed by atoms with Crippen LogP contribution in [0.2, 0.25) is 0 Å². The van der Waals surface area contributed by atoms with Gasteiger partial charge in [-0.3, -0.25) is 0 Å². The summed E-state index contributed by atoms with van der Waals surface area (Å²) >= 11 is 3.36. The van der Waals surface area contributed by atoms with Crippen LogP contribution in [-0.2, 0) is 0 Å². The molecule has 2 rings (SSSR count). The minimum Gasteiger partial charge on any atom is -0.328 e. The van der Waals surface area contributed by atoms with Crippen LogP contribution in [0.25, 0.3) is 0 Å². The monoisotopic (exact) mass is 297 g/mol. The lowest BCUT2D eigenvalue weighted by atomic mass is 10.1. The van der Waals surface area contributed by atoms with E-state index in [9.17, 15) is 4.79 Å². The van der Waals surface area contributed by atoms with E-state index in [1.54, 1.807) is 0 Å². The van der Waals surface area contributed by atoms with Gasteiger partial charge in [0, 0.05) is 29.3 Å². The van der Waals surface area contributed by atoms with Gasteiger partial charge in [-0.15, -0.1) is 0 Å². The Labute approximate surface area is 109 Å². The van der Waals surface area contributed by atoms with Gasteiger partial charge in [-0.05, 0) is 37.1 Å². The Morgan fingerprint density at radius 2 is 1.88 bits per heavy atom. The van der Waals surface area contributed by atoms with Gasteiger partial charge in [0.2, 0.25) is 0 Å². The number of rotatable bonds is 1. The lowest BCUT2D eigenvalue weighted by molar-refractivity contribution is 0.195. The van der Waals surface area contributed by atoms with Crippen LogP contribution in [0.4, 0.5) is 10.5 Å². The Hall–Kier alpha value is -1.07. The Kier molecular flexibility index (Phi) is 4.02. The van der Waals surface area contributed by atoms with Crippen molar-refractivity contribution >= 4 is 27.6 Å². The lowest BCUT2D eigenvalue weighted by Crippen LogP contribution is -2.44. The number of nitrogens with two attached hydrogens (primary N) is 1. The smallest absolute Gasteiger partial charge is 0.321 e. The summed E-state index contributed by atoms with van der Waals surface area (Å²) in [6.07, 6.45) is 1.77. The summed E-state index contributed by atoms with van der Waals surface area (Å²) in [5.74, 6) is 0. The van der Waals surface area contributed by atoms with E-state index in [0.29, 0.717) is 0 Å². The van der Waals surface area contributed by atoms with Crippen LogP contribution >= 0.6 is 15.9 Å². The highest BCUT2D eigenvalue weighted by molar-refractivity contribution is 9.10. The second-order valence-electron chi connectivity index (χ2n) is 4.26. The number of nitrogens with zero attached hydrogens (tertiary/aromatic N) is 1. The Morgan fingerprint density at radius 3 is 2.47 bits per heavy atom. The van der Waals surface area contributed by atoms with Crippen molar-refractivity contribution in [1.82, 2.24) is 4.90 Å². The van der Waals surface area contributed by atoms with Gasteiger partial charge in [0.25, 0.3) is 0 Å². The summed E-state index contributed by atoms with van der Waals surface area (Å²) < 4.78 is 0.999. The molecule has 0 aromatic heterocycles. The Bertz CT molecular complexity index is 385. The van der Waals surface area contributed by atoms with E-state index in [2.05, 4.69) is 21.2 Å². The predicted molar refractivity (Wildman–Crippen MR) is 71.9 cm³/mol. The fraction of sp³-hybridized carbons (Fsp3) is 0.417. The lowest BCUT2D eigenvalue weighted by Gasteiger charge is -2.30. The average molecular weight is 298 g/mol. The number of carbonyl (C=O) groups is 1. The van der Waals surface area contributed by atoms with E-state index >= 15 is 0 Å². The third kappa shape index (κ3) is 3.44. The molecule has 3 N–H and O–H groups in total. The van der Waals surface area contributed by atoms with E-state index in [4.69, 9.17) is 5.73 Å². The molecule has 0 atom stereocenters. The molecular weight excluding hydrogens is 282 g/mol. The molecule has 92 valence electrons. The number of nitrogens with one attached hydrogen (secondary N) is 1. The number of halogens is 1. The second kappa shape index (κ2) is 5.51. The molecular formula is C12H16BrN3O. The number of hydrogen-bond acceptors (Lipinski definition) is 2. The summed E-state index contributed by atoms with van der Waals surface area (Å²) in [7, 11) is 0. The number of likely N-dealkylation sites (tertiary alicyclic amines) is 1. The van der Waals surface area contributed by atoms with Crippen LogP contribution in [-0.4, -0.2) is 30.1 Å². The van der Waals surface area contributed by atoms with Crippen molar-refractivity contribution in [2.24, 2.45) is 5.73 Å². The highest BCUT2D eigenvalue weighted by Gasteiger charge is 2.20. The largest absolute Gasteiger partial charge is 0.328 e. The van der Waals surface area contributed by atoms with E-state index in [0.717, 1.165) is 36.1 Å². The van der Waals surface area contributed by atoms with Crippen LogP contribution in [0, 0.1) is 0 Å². The van der Waals surface area contributed by atoms with E-state index < -0.39 is 0 Å². The number of hydrogen-bond donors (Lipinski definition) is 2. The summed E-state index contributed by atoms with van der Waals surface area (Å²) in [6, 6.07) is 7.75. The fourth-order valence-electron chi connectivity index (χ4n) is 1.84. The van der Waals surface area contributed by atoms with Gasteiger partial charge >= 0.3 is 6.03 Å². The fourth-order valence-corrected chi connectivity index (χ4v) is 2.10. The van der Waals surface area contributed by atoms with Crippen molar-refractivity contribution in [2.45, 2.75) is 18.9 Å². The zero-order valence-electron chi connectivity index (χ0n) is 9.53. The number of anilines is 1. The maximum Gasteiger partial charge on any atom is 0.321 e. The van der Waals surface area contributed by atoms with E-state index in [-0.39, 0.29) is 12.1 Å². The van der Waals surface area contributed by atoms with Crippen LogP contribution in [0.1, 0.15) is 12.8 Å². The van der Waals surface area contributed by atoms with Crippen molar-refractivity contribution in [3.8, 4) is 0 Å². The average Bonchev–Trinajstić information content (AvgIpc) is 2.33. The molecule has 0 radical (unpaired) electrons. The molecule has 17 heavy (non-hydrogen) atoms. The van der Waals surface area contributed by atoms with E-state index in [1.165, 1.54) is 0 Å². The number of benzene rings is 1. The summed E-state index contributed by atoms with van der Waals surface area (Å²) in [5, 5.41) is 2.88. The normalized spacial score (nSPS) is 16.9. The molecule has 1 aliphatic heterocycles. The van der Waals surface area contributed by atoms with Crippen molar-refractivity contribution in [1.29, 1.82) is 0 Å². The summed E-state index contributed by atoms with van der Waals surface area (Å²) in [5.41, 5.74) is 6.62. The maximum absolute atomic E-state index is 11.9. The quantitative estimate of drug-likeness (QED) is 0.836. The van der Waals surface area contributed by atoms with Crippen molar-refractivity contribution in [3.63, 3.8) is 0 Å². The number of carbonyl (C=O) groups excluding carboxylic acids is 1. The first-order chi connectivity index (χ1) is 8.15. The molecule has 1 fully saturated rings. The van der Waals surface area contributed by atoms with Crippen molar-refractivity contribution in [3.05, 3.63) is 28.7 Å². The minimum absolute atomic E-state index is 0.0424. The molecule has 0 unspecified atom stereocenters. The molecule has 1 saturated heterocycles. The zero-order valence-corrected chi connectivity index (χ0v) is 11.1. The van der Waals surface area contributed by atoms with Crippen LogP contribution in [0.15, 0.2) is 28.7 Å². The second-order valence-corrected chi connectivity index (χ2v) is 5.18. The molecule has 5 heteroatoms. The molecule has 1 aromatic carbocycles. The first-order valence-electron chi connectivity index (χ1n) is 5.72. The van der Waals surface area contributed by atoms with E-state index in [1.807, 2.05) is 29.2 Å². The van der Waals surface area contributed by atoms with Gasteiger partial charge in [0.15, 0.2) is 0 Å². The Balaban J connectivity index is 1.90. The predicted octanol–water partition coefficient (Wildman–Crippen LogP) is 2.40. The Morgan fingerprint density at radius 1 is 1.29 bits per heavy atom. The zero-order chi connectivity index (χ0) is 12.3. The first kappa shape index (κ1) is 12.4. The molecule has 1 aliphatic rings. The molecule has 2 amide bonds. The van der Waals surface area contributed by atoms with Crippen LogP contribution in [0.3, 0.4) is 0 Å². The topological polar surface area (TPSA) is 58.4 Å². The van der Waals surface area contributed by atoms with Gasteiger partial charge in [0.1, 0.15) is 0 Å². The SMILES string of the molecule is NC1CCN(C(=O)Nc2ccc(Br)cc2)CC1.